The minimum absolute atomic E-state index is 0.469. The van der Waals surface area contributed by atoms with Gasteiger partial charge in [0.25, 0.3) is 0 Å². The van der Waals surface area contributed by atoms with Crippen LogP contribution in [-0.4, -0.2) is 33.9 Å². The van der Waals surface area contributed by atoms with Gasteiger partial charge in [-0.2, -0.15) is 0 Å². The number of carboxylic acids is 1. The molecule has 0 saturated carbocycles. The third-order valence-electron chi connectivity index (χ3n) is 1.76. The summed E-state index contributed by atoms with van der Waals surface area (Å²) in [6.07, 6.45) is -1.43. The molecule has 2 atom stereocenters. The molecule has 5 heteroatoms. The monoisotopic (exact) mass is 160 g/mol. The van der Waals surface area contributed by atoms with Gasteiger partial charge in [0.15, 0.2) is 0 Å². The lowest BCUT2D eigenvalue weighted by molar-refractivity contribution is -0.163. The highest BCUT2D eigenvalue weighted by Gasteiger charge is 2.51. The molecule has 11 heavy (non-hydrogen) atoms. The van der Waals surface area contributed by atoms with Crippen molar-refractivity contribution < 1.29 is 24.5 Å². The molecule has 0 spiro atoms. The second kappa shape index (κ2) is 2.20. The number of hydrogen-bond acceptors (Lipinski definition) is 4. The Morgan fingerprint density at radius 3 is 2.55 bits per heavy atom. The van der Waals surface area contributed by atoms with Crippen LogP contribution in [-0.2, 0) is 14.3 Å². The maximum Gasteiger partial charge on any atom is 0.340 e. The van der Waals surface area contributed by atoms with Crippen LogP contribution >= 0.6 is 0 Å². The van der Waals surface area contributed by atoms with Gasteiger partial charge in [-0.15, -0.1) is 0 Å². The topological polar surface area (TPSA) is 83.8 Å². The van der Waals surface area contributed by atoms with Crippen LogP contribution in [0.4, 0.5) is 0 Å². The predicted molar refractivity (Wildman–Crippen MR) is 32.8 cm³/mol. The number of ether oxygens (including phenoxy) is 1. The second-order valence-corrected chi connectivity index (χ2v) is 2.54. The van der Waals surface area contributed by atoms with Gasteiger partial charge in [0.1, 0.15) is 6.10 Å². The summed E-state index contributed by atoms with van der Waals surface area (Å²) in [5.41, 5.74) is -2.03. The lowest BCUT2D eigenvalue weighted by Gasteiger charge is -2.17. The summed E-state index contributed by atoms with van der Waals surface area (Å²) in [5, 5.41) is 17.7. The highest BCUT2D eigenvalue weighted by molar-refractivity contribution is 5.88. The molecule has 0 aromatic rings. The predicted octanol–water partition coefficient (Wildman–Crippen LogP) is -0.862. The van der Waals surface area contributed by atoms with Crippen molar-refractivity contribution in [3.8, 4) is 0 Å². The molecule has 2 unspecified atom stereocenters. The number of cyclic esters (lactones) is 1. The van der Waals surface area contributed by atoms with Gasteiger partial charge in [0, 0.05) is 0 Å². The Hall–Kier alpha value is -1.10. The van der Waals surface area contributed by atoms with Gasteiger partial charge in [-0.05, 0) is 6.92 Å². The molecule has 1 saturated heterocycles. The minimum Gasteiger partial charge on any atom is -0.479 e. The molecule has 0 aliphatic carbocycles. The standard InChI is InChI=1S/C6H8O5/c1-3-6(10,5(8)9)2-4(7)11-3/h3,10H,2H2,1H3,(H,8,9). The Bertz CT molecular complexity index is 211. The summed E-state index contributed by atoms with van der Waals surface area (Å²) in [6, 6.07) is 0. The average Bonchev–Trinajstić information content (AvgIpc) is 2.08. The Balaban J connectivity index is 2.87. The van der Waals surface area contributed by atoms with E-state index in [1.807, 2.05) is 0 Å². The van der Waals surface area contributed by atoms with Crippen LogP contribution < -0.4 is 0 Å². The molecule has 0 aromatic carbocycles. The fraction of sp³-hybridized carbons (Fsp3) is 0.667. The quantitative estimate of drug-likeness (QED) is 0.487. The fourth-order valence-corrected chi connectivity index (χ4v) is 0.950. The van der Waals surface area contributed by atoms with Crippen molar-refractivity contribution >= 4 is 11.9 Å². The van der Waals surface area contributed by atoms with Gasteiger partial charge in [-0.1, -0.05) is 0 Å². The van der Waals surface area contributed by atoms with Crippen LogP contribution in [0.2, 0.25) is 0 Å². The molecule has 0 bridgehead atoms. The summed E-state index contributed by atoms with van der Waals surface area (Å²) in [7, 11) is 0. The maximum absolute atomic E-state index is 10.5. The number of rotatable bonds is 1. The Labute approximate surface area is 62.6 Å². The van der Waals surface area contributed by atoms with E-state index in [4.69, 9.17) is 5.11 Å². The number of aliphatic hydroxyl groups is 1. The zero-order valence-electron chi connectivity index (χ0n) is 5.90. The smallest absolute Gasteiger partial charge is 0.340 e. The first-order valence-corrected chi connectivity index (χ1v) is 3.12. The molecule has 0 amide bonds. The van der Waals surface area contributed by atoms with Crippen molar-refractivity contribution in [2.75, 3.05) is 0 Å². The molecular weight excluding hydrogens is 152 g/mol. The van der Waals surface area contributed by atoms with E-state index in [9.17, 15) is 14.7 Å². The molecule has 1 rings (SSSR count). The van der Waals surface area contributed by atoms with Crippen molar-refractivity contribution in [2.24, 2.45) is 0 Å². The number of carbonyl (C=O) groups excluding carboxylic acids is 1. The van der Waals surface area contributed by atoms with E-state index in [1.165, 1.54) is 6.92 Å². The van der Waals surface area contributed by atoms with Gasteiger partial charge in [0.05, 0.1) is 6.42 Å². The van der Waals surface area contributed by atoms with Crippen molar-refractivity contribution in [1.82, 2.24) is 0 Å². The number of carboxylic acid groups (broad SMARTS) is 1. The first-order valence-electron chi connectivity index (χ1n) is 3.12. The van der Waals surface area contributed by atoms with Gasteiger partial charge < -0.3 is 14.9 Å². The van der Waals surface area contributed by atoms with Crippen LogP contribution in [0.3, 0.4) is 0 Å². The van der Waals surface area contributed by atoms with Gasteiger partial charge >= 0.3 is 11.9 Å². The number of aliphatic carboxylic acids is 1. The molecule has 5 nitrogen and oxygen atoms in total. The summed E-state index contributed by atoms with van der Waals surface area (Å²) in [5.74, 6) is -2.10. The third-order valence-corrected chi connectivity index (χ3v) is 1.76. The average molecular weight is 160 g/mol. The second-order valence-electron chi connectivity index (χ2n) is 2.54. The molecular formula is C6H8O5. The Morgan fingerprint density at radius 2 is 2.36 bits per heavy atom. The van der Waals surface area contributed by atoms with E-state index in [2.05, 4.69) is 4.74 Å². The zero-order valence-corrected chi connectivity index (χ0v) is 5.90. The van der Waals surface area contributed by atoms with E-state index in [1.54, 1.807) is 0 Å². The van der Waals surface area contributed by atoms with E-state index in [0.29, 0.717) is 0 Å². The normalized spacial score (nSPS) is 36.9. The minimum atomic E-state index is -2.03. The number of esters is 1. The molecule has 1 aliphatic rings. The van der Waals surface area contributed by atoms with Crippen molar-refractivity contribution in [3.05, 3.63) is 0 Å². The third kappa shape index (κ3) is 1.07. The number of carbonyl (C=O) groups is 2. The molecule has 0 aromatic heterocycles. The summed E-state index contributed by atoms with van der Waals surface area (Å²) in [4.78, 5) is 20.9. The van der Waals surface area contributed by atoms with Crippen LogP contribution in [0.25, 0.3) is 0 Å². The van der Waals surface area contributed by atoms with Gasteiger partial charge in [-0.25, -0.2) is 4.79 Å². The number of hydrogen-bond donors (Lipinski definition) is 2. The van der Waals surface area contributed by atoms with E-state index in [-0.39, 0.29) is 0 Å². The largest absolute Gasteiger partial charge is 0.479 e. The van der Waals surface area contributed by atoms with Crippen molar-refractivity contribution in [3.63, 3.8) is 0 Å². The Morgan fingerprint density at radius 1 is 1.82 bits per heavy atom. The van der Waals surface area contributed by atoms with Crippen molar-refractivity contribution in [1.29, 1.82) is 0 Å². The van der Waals surface area contributed by atoms with Crippen LogP contribution in [0, 0.1) is 0 Å². The van der Waals surface area contributed by atoms with Gasteiger partial charge in [0.2, 0.25) is 5.60 Å². The fourth-order valence-electron chi connectivity index (χ4n) is 0.950. The maximum atomic E-state index is 10.5. The Kier molecular flexibility index (Phi) is 1.60. The molecule has 62 valence electrons. The van der Waals surface area contributed by atoms with E-state index >= 15 is 0 Å². The van der Waals surface area contributed by atoms with Crippen molar-refractivity contribution in [2.45, 2.75) is 25.0 Å². The lowest BCUT2D eigenvalue weighted by atomic mass is 9.97. The van der Waals surface area contributed by atoms with Crippen LogP contribution in [0.15, 0.2) is 0 Å². The van der Waals surface area contributed by atoms with Gasteiger partial charge in [-0.3, -0.25) is 4.79 Å². The van der Waals surface area contributed by atoms with Crippen LogP contribution in [0.5, 0.6) is 0 Å². The van der Waals surface area contributed by atoms with E-state index in [0.717, 1.165) is 0 Å². The molecule has 2 N–H and O–H groups in total. The highest BCUT2D eigenvalue weighted by atomic mass is 16.6. The molecule has 0 radical (unpaired) electrons. The zero-order chi connectivity index (χ0) is 8.65. The first-order chi connectivity index (χ1) is 4.97. The highest BCUT2D eigenvalue weighted by Crippen LogP contribution is 2.26. The first kappa shape index (κ1) is 8.00. The van der Waals surface area contributed by atoms with Crippen LogP contribution in [0.1, 0.15) is 13.3 Å². The lowest BCUT2D eigenvalue weighted by Crippen LogP contribution is -2.44. The summed E-state index contributed by atoms with van der Waals surface area (Å²) < 4.78 is 4.47. The van der Waals surface area contributed by atoms with E-state index < -0.39 is 30.1 Å². The molecule has 1 fully saturated rings. The SMILES string of the molecule is CC1OC(=O)CC1(O)C(=O)O. The summed E-state index contributed by atoms with van der Waals surface area (Å²) in [6.45, 7) is 1.35. The molecule has 1 aliphatic heterocycles. The summed E-state index contributed by atoms with van der Waals surface area (Å²) >= 11 is 0. The molecule has 1 heterocycles.